The number of halogens is 1. The van der Waals surface area contributed by atoms with Gasteiger partial charge in [-0.1, -0.05) is 17.7 Å². The summed E-state index contributed by atoms with van der Waals surface area (Å²) in [5.74, 6) is 0.886. The van der Waals surface area contributed by atoms with Crippen LogP contribution in [0.1, 0.15) is 19.8 Å². The Labute approximate surface area is 131 Å². The number of amides is 2. The topological polar surface area (TPSA) is 35.6 Å². The van der Waals surface area contributed by atoms with E-state index >= 15 is 0 Å². The molecule has 1 aromatic carbocycles. The molecule has 2 amide bonds. The predicted molar refractivity (Wildman–Crippen MR) is 85.8 cm³/mol. The van der Waals surface area contributed by atoms with Crippen LogP contribution in [0.4, 0.5) is 10.5 Å². The van der Waals surface area contributed by atoms with Gasteiger partial charge in [0.25, 0.3) is 0 Å². The van der Waals surface area contributed by atoms with E-state index in [2.05, 4.69) is 17.1 Å². The summed E-state index contributed by atoms with van der Waals surface area (Å²) in [4.78, 5) is 16.7. The maximum Gasteiger partial charge on any atom is 0.321 e. The van der Waals surface area contributed by atoms with Crippen LogP contribution in [0.3, 0.4) is 0 Å². The Hall–Kier alpha value is -1.26. The third kappa shape index (κ3) is 3.69. The molecule has 21 heavy (non-hydrogen) atoms. The summed E-state index contributed by atoms with van der Waals surface area (Å²) >= 11 is 5.93. The number of anilines is 1. The Morgan fingerprint density at radius 3 is 2.62 bits per heavy atom. The predicted octanol–water partition coefficient (Wildman–Crippen LogP) is 3.29. The second-order valence-electron chi connectivity index (χ2n) is 6.04. The lowest BCUT2D eigenvalue weighted by molar-refractivity contribution is 0.110. The van der Waals surface area contributed by atoms with Gasteiger partial charge in [-0.2, -0.15) is 0 Å². The fourth-order valence-electron chi connectivity index (χ4n) is 2.98. The molecule has 1 aliphatic carbocycles. The molecule has 0 spiro atoms. The van der Waals surface area contributed by atoms with Crippen LogP contribution in [0, 0.1) is 5.92 Å². The van der Waals surface area contributed by atoms with Gasteiger partial charge in [-0.3, -0.25) is 4.90 Å². The standard InChI is InChI=1S/C16H22ClN3O/c1-12(13-5-6-13)19-7-9-20(10-8-19)16(21)18-15-4-2-3-14(17)11-15/h2-4,11-13H,5-10H2,1H3,(H,18,21). The number of nitrogens with zero attached hydrogens (tertiary/aromatic N) is 2. The molecule has 1 unspecified atom stereocenters. The minimum Gasteiger partial charge on any atom is -0.322 e. The molecular formula is C16H22ClN3O. The van der Waals surface area contributed by atoms with Crippen molar-refractivity contribution in [2.45, 2.75) is 25.8 Å². The van der Waals surface area contributed by atoms with Crippen LogP contribution in [0.2, 0.25) is 5.02 Å². The summed E-state index contributed by atoms with van der Waals surface area (Å²) in [7, 11) is 0. The van der Waals surface area contributed by atoms with E-state index < -0.39 is 0 Å². The molecule has 1 saturated heterocycles. The summed E-state index contributed by atoms with van der Waals surface area (Å²) in [5, 5.41) is 3.55. The van der Waals surface area contributed by atoms with Gasteiger partial charge in [0.2, 0.25) is 0 Å². The first-order chi connectivity index (χ1) is 10.1. The van der Waals surface area contributed by atoms with E-state index in [4.69, 9.17) is 11.6 Å². The van der Waals surface area contributed by atoms with Crippen LogP contribution in [0.25, 0.3) is 0 Å². The molecule has 1 atom stereocenters. The van der Waals surface area contributed by atoms with Crippen LogP contribution in [0.15, 0.2) is 24.3 Å². The van der Waals surface area contributed by atoms with Gasteiger partial charge in [0.1, 0.15) is 0 Å². The van der Waals surface area contributed by atoms with Gasteiger partial charge >= 0.3 is 6.03 Å². The largest absolute Gasteiger partial charge is 0.322 e. The van der Waals surface area contributed by atoms with E-state index in [-0.39, 0.29) is 6.03 Å². The van der Waals surface area contributed by atoms with Crippen molar-refractivity contribution in [1.82, 2.24) is 9.80 Å². The summed E-state index contributed by atoms with van der Waals surface area (Å²) < 4.78 is 0. The van der Waals surface area contributed by atoms with Gasteiger partial charge in [0, 0.05) is 42.9 Å². The van der Waals surface area contributed by atoms with Gasteiger partial charge in [0.05, 0.1) is 0 Å². The Kier molecular flexibility index (Phi) is 4.36. The van der Waals surface area contributed by atoms with E-state index in [1.54, 1.807) is 12.1 Å². The monoisotopic (exact) mass is 307 g/mol. The summed E-state index contributed by atoms with van der Waals surface area (Å²) in [6.07, 6.45) is 2.74. The maximum absolute atomic E-state index is 12.3. The highest BCUT2D eigenvalue weighted by Gasteiger charge is 2.33. The number of carbonyl (C=O) groups is 1. The van der Waals surface area contributed by atoms with E-state index in [1.165, 1.54) is 12.8 Å². The van der Waals surface area contributed by atoms with E-state index in [0.29, 0.717) is 11.1 Å². The lowest BCUT2D eigenvalue weighted by Crippen LogP contribution is -2.52. The van der Waals surface area contributed by atoms with Crippen molar-refractivity contribution in [2.24, 2.45) is 5.92 Å². The molecule has 2 aliphatic rings. The quantitative estimate of drug-likeness (QED) is 0.930. The SMILES string of the molecule is CC(C1CC1)N1CCN(C(=O)Nc2cccc(Cl)c2)CC1. The third-order valence-electron chi connectivity index (χ3n) is 4.56. The first-order valence-electron chi connectivity index (χ1n) is 7.69. The Morgan fingerprint density at radius 1 is 1.29 bits per heavy atom. The second kappa shape index (κ2) is 6.24. The molecule has 1 aliphatic heterocycles. The zero-order valence-corrected chi connectivity index (χ0v) is 13.1. The summed E-state index contributed by atoms with van der Waals surface area (Å²) in [6.45, 7) is 5.85. The molecule has 5 heteroatoms. The van der Waals surface area contributed by atoms with Crippen LogP contribution >= 0.6 is 11.6 Å². The molecule has 2 fully saturated rings. The average molecular weight is 308 g/mol. The second-order valence-corrected chi connectivity index (χ2v) is 6.48. The molecule has 1 saturated carbocycles. The zero-order chi connectivity index (χ0) is 14.8. The number of piperazine rings is 1. The van der Waals surface area contributed by atoms with Crippen molar-refractivity contribution in [3.8, 4) is 0 Å². The lowest BCUT2D eigenvalue weighted by atomic mass is 10.1. The molecule has 0 aromatic heterocycles. The number of urea groups is 1. The normalized spacial score (nSPS) is 21.1. The van der Waals surface area contributed by atoms with Gasteiger partial charge < -0.3 is 10.2 Å². The summed E-state index contributed by atoms with van der Waals surface area (Å²) in [5.41, 5.74) is 0.751. The number of nitrogens with one attached hydrogen (secondary N) is 1. The molecular weight excluding hydrogens is 286 g/mol. The number of benzene rings is 1. The Bertz CT molecular complexity index is 510. The van der Waals surface area contributed by atoms with E-state index in [9.17, 15) is 4.79 Å². The Balaban J connectivity index is 1.50. The third-order valence-corrected chi connectivity index (χ3v) is 4.79. The smallest absolute Gasteiger partial charge is 0.321 e. The molecule has 0 bridgehead atoms. The fourth-order valence-corrected chi connectivity index (χ4v) is 3.17. The van der Waals surface area contributed by atoms with Crippen LogP contribution < -0.4 is 5.32 Å². The molecule has 1 N–H and O–H groups in total. The van der Waals surface area contributed by atoms with Crippen LogP contribution in [0.5, 0.6) is 0 Å². The molecule has 4 nitrogen and oxygen atoms in total. The zero-order valence-electron chi connectivity index (χ0n) is 12.4. The van der Waals surface area contributed by atoms with E-state index in [1.807, 2.05) is 17.0 Å². The van der Waals surface area contributed by atoms with Gasteiger partial charge in [-0.25, -0.2) is 4.79 Å². The first-order valence-corrected chi connectivity index (χ1v) is 8.07. The molecule has 114 valence electrons. The minimum absolute atomic E-state index is 0.0315. The number of rotatable bonds is 3. The highest BCUT2D eigenvalue weighted by atomic mass is 35.5. The van der Waals surface area contributed by atoms with Crippen molar-refractivity contribution >= 4 is 23.3 Å². The Morgan fingerprint density at radius 2 is 2.00 bits per heavy atom. The average Bonchev–Trinajstić information content (AvgIpc) is 3.31. The van der Waals surface area contributed by atoms with Crippen molar-refractivity contribution in [2.75, 3.05) is 31.5 Å². The fraction of sp³-hybridized carbons (Fsp3) is 0.562. The number of hydrogen-bond donors (Lipinski definition) is 1. The molecule has 1 heterocycles. The number of carbonyl (C=O) groups excluding carboxylic acids is 1. The maximum atomic E-state index is 12.3. The van der Waals surface area contributed by atoms with Gasteiger partial charge in [-0.15, -0.1) is 0 Å². The van der Waals surface area contributed by atoms with Crippen molar-refractivity contribution in [3.05, 3.63) is 29.3 Å². The number of hydrogen-bond acceptors (Lipinski definition) is 2. The highest BCUT2D eigenvalue weighted by Crippen LogP contribution is 2.35. The molecule has 0 radical (unpaired) electrons. The van der Waals surface area contributed by atoms with Gasteiger partial charge in [0.15, 0.2) is 0 Å². The minimum atomic E-state index is -0.0315. The molecule has 3 rings (SSSR count). The van der Waals surface area contributed by atoms with Crippen molar-refractivity contribution < 1.29 is 4.79 Å². The van der Waals surface area contributed by atoms with E-state index in [0.717, 1.165) is 37.8 Å². The summed E-state index contributed by atoms with van der Waals surface area (Å²) in [6, 6.07) is 7.90. The first kappa shape index (κ1) is 14.7. The van der Waals surface area contributed by atoms with Crippen molar-refractivity contribution in [1.29, 1.82) is 0 Å². The van der Waals surface area contributed by atoms with Crippen molar-refractivity contribution in [3.63, 3.8) is 0 Å². The highest BCUT2D eigenvalue weighted by molar-refractivity contribution is 6.30. The molecule has 1 aromatic rings. The van der Waals surface area contributed by atoms with Crippen LogP contribution in [-0.4, -0.2) is 48.1 Å². The lowest BCUT2D eigenvalue weighted by Gasteiger charge is -2.38. The van der Waals surface area contributed by atoms with Crippen LogP contribution in [-0.2, 0) is 0 Å². The van der Waals surface area contributed by atoms with Gasteiger partial charge in [-0.05, 0) is 43.9 Å².